The van der Waals surface area contributed by atoms with E-state index in [1.54, 1.807) is 89.5 Å². The number of fused-ring (bicyclic) bond motifs is 4. The number of aromatic nitrogens is 11. The lowest BCUT2D eigenvalue weighted by Gasteiger charge is -2.26. The lowest BCUT2D eigenvalue weighted by atomic mass is 10.0. The molecule has 42 heteroatoms. The fourth-order valence-electron chi connectivity index (χ4n) is 13.1. The van der Waals surface area contributed by atoms with E-state index in [1.165, 1.54) is 87.3 Å². The minimum atomic E-state index is -4.00. The number of aromatic amines is 1. The van der Waals surface area contributed by atoms with Crippen LogP contribution in [0.4, 0.5) is 39.8 Å². The number of hydrogen-bond acceptors (Lipinski definition) is 22. The van der Waals surface area contributed by atoms with Gasteiger partial charge in [-0.25, -0.2) is 62.6 Å². The Morgan fingerprint density at radius 2 is 1.06 bits per heavy atom. The number of carboxylic acid groups (broad SMARTS) is 1. The molecule has 4 atom stereocenters. The lowest BCUT2D eigenvalue weighted by Crippen LogP contribution is -2.39. The summed E-state index contributed by atoms with van der Waals surface area (Å²) in [5.74, 6) is -2.87. The number of hydrogen-bond donors (Lipinski definition) is 5. The molecule has 0 aliphatic heterocycles. The number of nitrogens with zero attached hydrogens (tertiary/aromatic N) is 12. The van der Waals surface area contributed by atoms with Crippen LogP contribution in [0.25, 0.3) is 55.2 Å². The molecule has 7 heterocycles. The van der Waals surface area contributed by atoms with Gasteiger partial charge < -0.3 is 50.6 Å². The highest BCUT2D eigenvalue weighted by molar-refractivity contribution is 7.92. The number of nitrogen functional groups attached to an aromatic ring is 1. The maximum absolute atomic E-state index is 14.9. The number of methoxy groups -OCH3 is 2. The van der Waals surface area contributed by atoms with Crippen molar-refractivity contribution in [3.8, 4) is 34.6 Å². The number of halogens is 7. The number of H-pyrrole nitrogens is 1. The summed E-state index contributed by atoms with van der Waals surface area (Å²) in [7, 11) is 0.749. The molecule has 6 aromatic carbocycles. The molecule has 0 spiro atoms. The molecule has 0 bridgehead atoms. The van der Waals surface area contributed by atoms with Crippen molar-refractivity contribution in [2.24, 2.45) is 19.8 Å². The molecule has 0 radical (unpaired) electrons. The Hall–Kier alpha value is -11.6. The molecule has 7 N–H and O–H groups in total. The van der Waals surface area contributed by atoms with Crippen molar-refractivity contribution in [3.63, 3.8) is 0 Å². The van der Waals surface area contributed by atoms with Gasteiger partial charge in [0, 0.05) is 50.8 Å². The van der Waals surface area contributed by atoms with Crippen LogP contribution < -0.4 is 61.0 Å². The molecule has 31 nitrogen and oxygen atoms in total. The molecule has 127 heavy (non-hydrogen) atoms. The number of ether oxygens (including phenoxy) is 5. The molecule has 7 aromatic heterocycles. The number of sulfonamides is 2. The zero-order valence-electron chi connectivity index (χ0n) is 70.3. The largest absolute Gasteiger partial charge is 0.497 e. The topological polar surface area (TPSA) is 403 Å². The van der Waals surface area contributed by atoms with Crippen molar-refractivity contribution in [2.75, 3.05) is 54.3 Å². The number of rotatable bonds is 28. The van der Waals surface area contributed by atoms with Gasteiger partial charge in [-0.05, 0) is 153 Å². The molecule has 13 rings (SSSR count). The summed E-state index contributed by atoms with van der Waals surface area (Å²) in [5, 5.41) is 21.4. The summed E-state index contributed by atoms with van der Waals surface area (Å²) in [6.07, 6.45) is 4.36. The van der Waals surface area contributed by atoms with Gasteiger partial charge in [0.1, 0.15) is 69.0 Å². The first-order chi connectivity index (χ1) is 59.2. The van der Waals surface area contributed by atoms with Gasteiger partial charge in [0.25, 0.3) is 11.1 Å². The number of carbonyl (C=O) groups is 2. The number of amides is 1. The highest BCUT2D eigenvalue weighted by Gasteiger charge is 2.34. The number of benzene rings is 6. The highest BCUT2D eigenvalue weighted by atomic mass is 35.5. The van der Waals surface area contributed by atoms with Gasteiger partial charge in [0.15, 0.2) is 17.3 Å². The summed E-state index contributed by atoms with van der Waals surface area (Å²) < 4.78 is 151. The number of anilines is 3. The summed E-state index contributed by atoms with van der Waals surface area (Å²) >= 11 is 13.6. The summed E-state index contributed by atoms with van der Waals surface area (Å²) in [5.41, 5.74) is 11.6. The number of carboxylic acids is 1. The van der Waals surface area contributed by atoms with E-state index in [9.17, 15) is 58.4 Å². The SMILES string of the molecule is C.C.CCCCOc1ccc(C(=O)O)c(N)n1.CCCCOc1ccc2c(=O)n(-c3ccc(Cl)c4c(N(Cc5ccc(OC)cc5)S(C)(=O)=O)nn(C)c34)c([C@H](Cc3cc(F)cc(F)c3)NC(=O)OC(C)(C)C)nc2n1.COc1ccc(CN(c2nn(C)c3c(-n4c([C@@H](N)Cc5cc(F)cc(F)c5)nc5[nH]c(=O)ccc5c4=O)ccc(Cl)c23)S(C)(=O)=O)cc1.Cl.[2H]PP. The van der Waals surface area contributed by atoms with Crippen molar-refractivity contribution in [2.45, 2.75) is 119 Å². The van der Waals surface area contributed by atoms with Crippen LogP contribution in [-0.4, -0.2) is 134 Å². The van der Waals surface area contributed by atoms with Crippen LogP contribution >= 0.6 is 53.4 Å². The average Bonchev–Trinajstić information content (AvgIpc) is 1.55. The molecule has 0 saturated carbocycles. The number of carbonyl (C=O) groups excluding carboxylic acids is 1. The van der Waals surface area contributed by atoms with Gasteiger partial charge in [-0.2, -0.15) is 20.2 Å². The second kappa shape index (κ2) is 44.2. The Morgan fingerprint density at radius 3 is 1.49 bits per heavy atom. The third-order valence-corrected chi connectivity index (χ3v) is 21.6. The van der Waals surface area contributed by atoms with Gasteiger partial charge in [0.2, 0.25) is 37.4 Å². The van der Waals surface area contributed by atoms with E-state index in [4.69, 9.17) is 69.7 Å². The van der Waals surface area contributed by atoms with Crippen LogP contribution in [-0.2, 0) is 64.8 Å². The number of aryl methyl sites for hydroxylation is 2. The standard InChI is InChI=1S/C41H44ClF2N7O7S.C32H28ClF2N7O5S.C10H14N2O3.2CH4.ClH.H4P2/c1-8-9-18-57-33-17-14-29-36(46-33)47-37(31(45-40(53)58-41(2,3)4)21-25-19-26(43)22-27(44)20-25)51(39(29)52)32-16-15-30(42)34-35(32)49(5)48-38(34)50(59(7,54)55)23-24-10-12-28(56-6)13-11-24;1-40-28-25(10-9-23(33)27(28)31(39-40)41(48(3,45)46)16-17-4-6-21(47-2)7-5-17)42-30(24(36)14-18-12-19(34)15-20(35)13-18)38-29-22(32(42)44)8-11-26(43)37-29;1-2-3-6-15-8-5-4-7(10(13)14)9(11)12-8;;;;1-2/h10-17,19-20,22,31H,8-9,18,21,23H2,1-7H3,(H,45,53);4-13,15,24H,14,16,36H2,1-3H3,(H,37,43);4-5H,2-3,6H2,1H3,(H2,11,12)(H,13,14);2*1H4;1H;1-2H2/t31-;24-;;;;;/m00...../s1/i;;;;;;1D. The van der Waals surface area contributed by atoms with E-state index >= 15 is 0 Å². The maximum Gasteiger partial charge on any atom is 0.408 e. The molecule has 680 valence electrons. The van der Waals surface area contributed by atoms with Crippen LogP contribution in [0.15, 0.2) is 160 Å². The number of pyridine rings is 3. The van der Waals surface area contributed by atoms with E-state index in [2.05, 4.69) is 51.3 Å². The fraction of sp³-hybridized carbons (Fsp3) is 0.306. The smallest absolute Gasteiger partial charge is 0.408 e. The van der Waals surface area contributed by atoms with Gasteiger partial charge in [-0.3, -0.25) is 32.9 Å². The van der Waals surface area contributed by atoms with Crippen molar-refractivity contribution in [1.82, 2.24) is 58.9 Å². The number of nitrogens with two attached hydrogens (primary N) is 2. The first kappa shape index (κ1) is 101. The lowest BCUT2D eigenvalue weighted by molar-refractivity contribution is 0.0499. The Kier molecular flexibility index (Phi) is 35.1. The Bertz CT molecular complexity index is 6560. The minimum absolute atomic E-state index is 0. The summed E-state index contributed by atoms with van der Waals surface area (Å²) in [6.45, 7) is 9.76. The number of unbranched alkanes of at least 4 members (excludes halogenated alkanes) is 2. The Labute approximate surface area is 752 Å². The van der Waals surface area contributed by atoms with E-state index in [-0.39, 0.29) is 179 Å². The van der Waals surface area contributed by atoms with Crippen molar-refractivity contribution < 1.29 is 72.8 Å². The number of alkyl carbamates (subject to hydrolysis) is 1. The van der Waals surface area contributed by atoms with E-state index in [0.29, 0.717) is 47.8 Å². The first-order valence-corrected chi connectivity index (χ1v) is 44.8. The Balaban J connectivity index is 0.000000291. The predicted molar refractivity (Wildman–Crippen MR) is 495 cm³/mol. The van der Waals surface area contributed by atoms with Crippen LogP contribution in [0.2, 0.25) is 10.0 Å². The quantitative estimate of drug-likeness (QED) is 0.0173. The average molecular weight is 1890 g/mol. The fourth-order valence-corrected chi connectivity index (χ4v) is 15.3. The monoisotopic (exact) mass is 1890 g/mol. The van der Waals surface area contributed by atoms with E-state index in [1.807, 2.05) is 6.92 Å². The third-order valence-electron chi connectivity index (χ3n) is 18.7. The van der Waals surface area contributed by atoms with Crippen molar-refractivity contribution in [3.05, 3.63) is 249 Å². The highest BCUT2D eigenvalue weighted by Crippen LogP contribution is 2.41. The van der Waals surface area contributed by atoms with E-state index < -0.39 is 89.7 Å². The summed E-state index contributed by atoms with van der Waals surface area (Å²) in [4.78, 5) is 85.7. The Morgan fingerprint density at radius 1 is 0.622 bits per heavy atom. The van der Waals surface area contributed by atoms with E-state index in [0.717, 1.165) is 77.1 Å². The van der Waals surface area contributed by atoms with Gasteiger partial charge in [0.05, 0.1) is 120 Å². The van der Waals surface area contributed by atoms with Crippen LogP contribution in [0.5, 0.6) is 23.3 Å². The second-order valence-electron chi connectivity index (χ2n) is 29.1. The molecular formula is C85H99Cl3F4N16O15P2S2. The number of nitrogens with one attached hydrogen (secondary N) is 2. The number of aromatic carboxylic acids is 1. The molecule has 0 aliphatic carbocycles. The molecule has 0 fully saturated rings. The zero-order valence-corrected chi connectivity index (χ0v) is 75.5. The van der Waals surface area contributed by atoms with Crippen LogP contribution in [0.1, 0.15) is 131 Å². The molecule has 1 amide bonds. The molecule has 0 saturated heterocycles. The van der Waals surface area contributed by atoms with Gasteiger partial charge in [-0.1, -0.05) is 89.0 Å². The van der Waals surface area contributed by atoms with Crippen LogP contribution in [0, 0.1) is 23.3 Å². The maximum atomic E-state index is 14.9. The third kappa shape index (κ3) is 25.0. The van der Waals surface area contributed by atoms with Gasteiger partial charge >= 0.3 is 12.1 Å². The zero-order chi connectivity index (χ0) is 91.3. The first-order valence-electron chi connectivity index (χ1n) is 38.6. The molecule has 13 aromatic rings. The second-order valence-corrected chi connectivity index (χ2v) is 33.7. The minimum Gasteiger partial charge on any atom is -0.497 e. The molecule has 2 unspecified atom stereocenters. The van der Waals surface area contributed by atoms with Gasteiger partial charge in [-0.15, -0.1) is 30.2 Å². The normalized spacial score (nSPS) is 11.9. The van der Waals surface area contributed by atoms with Crippen molar-refractivity contribution >= 4 is 147 Å². The molecular weight excluding hydrogens is 1790 g/mol. The predicted octanol–water partition coefficient (Wildman–Crippen LogP) is 15.6. The van der Waals surface area contributed by atoms with Crippen molar-refractivity contribution in [1.29, 1.82) is 1.28 Å². The van der Waals surface area contributed by atoms with Crippen LogP contribution in [0.3, 0.4) is 0 Å². The molecule has 0 aliphatic rings. The summed E-state index contributed by atoms with van der Waals surface area (Å²) in [6, 6.07) is 31.6.